The highest BCUT2D eigenvalue weighted by Gasteiger charge is 2.37. The fourth-order valence-corrected chi connectivity index (χ4v) is 3.60. The summed E-state index contributed by atoms with van der Waals surface area (Å²) in [5.41, 5.74) is 0.422. The molecule has 7 heteroatoms. The molecule has 0 aromatic heterocycles. The predicted octanol–water partition coefficient (Wildman–Crippen LogP) is 4.60. The van der Waals surface area contributed by atoms with Gasteiger partial charge < -0.3 is 10.1 Å². The molecule has 29 heavy (non-hydrogen) atoms. The number of nitrogens with one attached hydrogen (secondary N) is 1. The highest BCUT2D eigenvalue weighted by atomic mass is 19.2. The molecule has 0 unspecified atom stereocenters. The van der Waals surface area contributed by atoms with Gasteiger partial charge >= 0.3 is 6.09 Å². The molecule has 1 aliphatic heterocycles. The molecule has 2 aromatic rings. The van der Waals surface area contributed by atoms with E-state index in [1.807, 2.05) is 35.2 Å². The van der Waals surface area contributed by atoms with Gasteiger partial charge in [0.2, 0.25) is 0 Å². The molecule has 156 valence electrons. The highest BCUT2D eigenvalue weighted by Crippen LogP contribution is 2.32. The Balaban J connectivity index is 1.83. The second kappa shape index (κ2) is 8.45. The molecule has 0 aliphatic carbocycles. The van der Waals surface area contributed by atoms with Crippen LogP contribution >= 0.6 is 0 Å². The number of carbonyl (C=O) groups excluding carboxylic acids is 1. The first-order valence-corrected chi connectivity index (χ1v) is 9.52. The minimum Gasteiger partial charge on any atom is -0.444 e. The largest absolute Gasteiger partial charge is 0.444 e. The summed E-state index contributed by atoms with van der Waals surface area (Å²) in [5.74, 6) is -3.71. The van der Waals surface area contributed by atoms with E-state index < -0.39 is 41.1 Å². The Morgan fingerprint density at radius 2 is 1.72 bits per heavy atom. The van der Waals surface area contributed by atoms with E-state index in [-0.39, 0.29) is 5.56 Å². The average molecular weight is 406 g/mol. The fraction of sp³-hybridized carbons (Fsp3) is 0.409. The van der Waals surface area contributed by atoms with Gasteiger partial charge in [-0.3, -0.25) is 4.90 Å². The highest BCUT2D eigenvalue weighted by molar-refractivity contribution is 5.68. The van der Waals surface area contributed by atoms with E-state index in [1.54, 1.807) is 20.8 Å². The van der Waals surface area contributed by atoms with Crippen molar-refractivity contribution in [3.8, 4) is 0 Å². The number of amides is 1. The quantitative estimate of drug-likeness (QED) is 0.755. The molecular weight excluding hydrogens is 381 g/mol. The molecule has 2 atom stereocenters. The molecular formula is C22H25F3N2O2. The number of likely N-dealkylation sites (tertiary alicyclic amines) is 1. The van der Waals surface area contributed by atoms with Crippen LogP contribution in [0, 0.1) is 17.5 Å². The van der Waals surface area contributed by atoms with Crippen molar-refractivity contribution in [2.75, 3.05) is 13.1 Å². The van der Waals surface area contributed by atoms with Crippen LogP contribution in [0.2, 0.25) is 0 Å². The molecule has 1 amide bonds. The van der Waals surface area contributed by atoms with E-state index in [9.17, 15) is 18.0 Å². The minimum atomic E-state index is -1.23. The Bertz CT molecular complexity index is 868. The Morgan fingerprint density at radius 1 is 1.07 bits per heavy atom. The first kappa shape index (κ1) is 21.2. The first-order chi connectivity index (χ1) is 13.6. The summed E-state index contributed by atoms with van der Waals surface area (Å²) < 4.78 is 47.0. The molecule has 1 saturated heterocycles. The maximum absolute atomic E-state index is 14.4. The molecule has 1 N–H and O–H groups in total. The third-order valence-corrected chi connectivity index (χ3v) is 4.79. The van der Waals surface area contributed by atoms with Crippen molar-refractivity contribution >= 4 is 6.09 Å². The Kier molecular flexibility index (Phi) is 6.17. The second-order valence-electron chi connectivity index (χ2n) is 8.33. The van der Waals surface area contributed by atoms with Gasteiger partial charge in [-0.15, -0.1) is 0 Å². The van der Waals surface area contributed by atoms with Crippen molar-refractivity contribution in [2.24, 2.45) is 0 Å². The lowest BCUT2D eigenvalue weighted by Gasteiger charge is -2.24. The van der Waals surface area contributed by atoms with E-state index in [0.717, 1.165) is 11.6 Å². The Labute approximate surface area is 168 Å². The van der Waals surface area contributed by atoms with Crippen molar-refractivity contribution in [1.29, 1.82) is 0 Å². The third kappa shape index (κ3) is 5.50. The van der Waals surface area contributed by atoms with Crippen LogP contribution in [0.25, 0.3) is 0 Å². The molecule has 1 heterocycles. The van der Waals surface area contributed by atoms with Crippen LogP contribution < -0.4 is 5.32 Å². The van der Waals surface area contributed by atoms with Crippen molar-refractivity contribution in [3.05, 3.63) is 71.0 Å². The molecule has 0 bridgehead atoms. The lowest BCUT2D eigenvalue weighted by atomic mass is 9.93. The number of carbonyl (C=O) groups is 1. The zero-order valence-electron chi connectivity index (χ0n) is 16.7. The third-order valence-electron chi connectivity index (χ3n) is 4.79. The monoisotopic (exact) mass is 406 g/mol. The number of rotatable bonds is 4. The minimum absolute atomic E-state index is 0.0421. The van der Waals surface area contributed by atoms with Crippen LogP contribution in [-0.4, -0.2) is 35.7 Å². The van der Waals surface area contributed by atoms with Gasteiger partial charge in [0.15, 0.2) is 11.6 Å². The molecule has 3 rings (SSSR count). The van der Waals surface area contributed by atoms with Crippen molar-refractivity contribution in [2.45, 2.75) is 44.9 Å². The van der Waals surface area contributed by atoms with Gasteiger partial charge in [-0.25, -0.2) is 18.0 Å². The van der Waals surface area contributed by atoms with Crippen LogP contribution in [-0.2, 0) is 11.3 Å². The lowest BCUT2D eigenvalue weighted by Crippen LogP contribution is -2.42. The number of ether oxygens (including phenoxy) is 1. The molecule has 1 fully saturated rings. The summed E-state index contributed by atoms with van der Waals surface area (Å²) in [5, 5.41) is 2.78. The normalized spacial score (nSPS) is 19.9. The van der Waals surface area contributed by atoms with Gasteiger partial charge in [0.05, 0.1) is 6.04 Å². The van der Waals surface area contributed by atoms with Gasteiger partial charge in [-0.1, -0.05) is 30.3 Å². The SMILES string of the molecule is CC(C)(C)OC(=O)N[C@@H]1CN(Cc2ccccc2)C[C@H]1c1cc(F)c(F)cc1F. The molecule has 1 aliphatic rings. The molecule has 0 saturated carbocycles. The lowest BCUT2D eigenvalue weighted by molar-refractivity contribution is 0.0502. The maximum Gasteiger partial charge on any atom is 0.407 e. The van der Waals surface area contributed by atoms with Crippen molar-refractivity contribution in [3.63, 3.8) is 0 Å². The van der Waals surface area contributed by atoms with Crippen LogP contribution in [0.15, 0.2) is 42.5 Å². The summed E-state index contributed by atoms with van der Waals surface area (Å²) in [7, 11) is 0. The summed E-state index contributed by atoms with van der Waals surface area (Å²) >= 11 is 0. The van der Waals surface area contributed by atoms with Crippen LogP contribution in [0.5, 0.6) is 0 Å². The standard InChI is InChI=1S/C22H25F3N2O2/c1-22(2,3)29-21(28)26-20-13-27(11-14-7-5-4-6-8-14)12-16(20)15-9-18(24)19(25)10-17(15)23/h4-10,16,20H,11-13H2,1-3H3,(H,26,28)/t16-,20+/m0/s1. The first-order valence-electron chi connectivity index (χ1n) is 9.52. The van der Waals surface area contributed by atoms with Gasteiger partial charge in [0.25, 0.3) is 0 Å². The summed E-state index contributed by atoms with van der Waals surface area (Å²) in [4.78, 5) is 14.3. The zero-order valence-corrected chi connectivity index (χ0v) is 16.7. The van der Waals surface area contributed by atoms with E-state index in [4.69, 9.17) is 4.74 Å². The summed E-state index contributed by atoms with van der Waals surface area (Å²) in [6.45, 7) is 6.64. The van der Waals surface area contributed by atoms with Crippen LogP contribution in [0.4, 0.5) is 18.0 Å². The van der Waals surface area contributed by atoms with Crippen molar-refractivity contribution in [1.82, 2.24) is 10.2 Å². The van der Waals surface area contributed by atoms with E-state index in [2.05, 4.69) is 5.32 Å². The number of hydrogen-bond acceptors (Lipinski definition) is 3. The van der Waals surface area contributed by atoms with E-state index in [1.165, 1.54) is 0 Å². The van der Waals surface area contributed by atoms with Crippen LogP contribution in [0.1, 0.15) is 37.8 Å². The number of alkyl carbamates (subject to hydrolysis) is 1. The second-order valence-corrected chi connectivity index (χ2v) is 8.33. The predicted molar refractivity (Wildman–Crippen MR) is 104 cm³/mol. The van der Waals surface area contributed by atoms with Gasteiger partial charge in [-0.05, 0) is 38.0 Å². The molecule has 2 aromatic carbocycles. The topological polar surface area (TPSA) is 41.6 Å². The molecule has 0 radical (unpaired) electrons. The van der Waals surface area contributed by atoms with Crippen LogP contribution in [0.3, 0.4) is 0 Å². The Hall–Kier alpha value is -2.54. The maximum atomic E-state index is 14.4. The molecule has 4 nitrogen and oxygen atoms in total. The van der Waals surface area contributed by atoms with Gasteiger partial charge in [0, 0.05) is 31.6 Å². The van der Waals surface area contributed by atoms with Gasteiger partial charge in [-0.2, -0.15) is 0 Å². The smallest absolute Gasteiger partial charge is 0.407 e. The Morgan fingerprint density at radius 3 is 2.38 bits per heavy atom. The van der Waals surface area contributed by atoms with Gasteiger partial charge in [0.1, 0.15) is 11.4 Å². The number of benzene rings is 2. The summed E-state index contributed by atoms with van der Waals surface area (Å²) in [6.07, 6.45) is -0.628. The summed E-state index contributed by atoms with van der Waals surface area (Å²) in [6, 6.07) is 10.6. The molecule has 0 spiro atoms. The van der Waals surface area contributed by atoms with Crippen molar-refractivity contribution < 1.29 is 22.7 Å². The zero-order chi connectivity index (χ0) is 21.2. The number of hydrogen-bond donors (Lipinski definition) is 1. The average Bonchev–Trinajstić information content (AvgIpc) is 2.99. The fourth-order valence-electron chi connectivity index (χ4n) is 3.60. The van der Waals surface area contributed by atoms with E-state index in [0.29, 0.717) is 25.7 Å². The van der Waals surface area contributed by atoms with E-state index >= 15 is 0 Å². The number of halogens is 3. The number of nitrogens with zero attached hydrogens (tertiary/aromatic N) is 1.